The fraction of sp³-hybridized carbons (Fsp3) is 0.636. The Morgan fingerprint density at radius 1 is 1.59 bits per heavy atom. The average Bonchev–Trinajstić information content (AvgIpc) is 2.73. The Balaban J connectivity index is 1.70. The largest absolute Gasteiger partial charge is 0.382 e. The van der Waals surface area contributed by atoms with E-state index in [-0.39, 0.29) is 12.5 Å². The van der Waals surface area contributed by atoms with Crippen LogP contribution in [-0.4, -0.2) is 33.7 Å². The van der Waals surface area contributed by atoms with Gasteiger partial charge in [-0.15, -0.1) is 0 Å². The van der Waals surface area contributed by atoms with E-state index in [2.05, 4.69) is 10.4 Å². The Morgan fingerprint density at radius 3 is 3.00 bits per heavy atom. The zero-order chi connectivity index (χ0) is 12.1. The van der Waals surface area contributed by atoms with Gasteiger partial charge >= 0.3 is 0 Å². The van der Waals surface area contributed by atoms with Crippen LogP contribution in [0.3, 0.4) is 0 Å². The van der Waals surface area contributed by atoms with Crippen LogP contribution in [0.5, 0.6) is 0 Å². The number of hydrogen-bond donors (Lipinski definition) is 2. The van der Waals surface area contributed by atoms with Gasteiger partial charge < -0.3 is 11.1 Å². The first-order chi connectivity index (χ1) is 8.24. The number of nitrogens with two attached hydrogens (primary N) is 1. The van der Waals surface area contributed by atoms with Gasteiger partial charge in [-0.05, 0) is 36.3 Å². The molecule has 0 bridgehead atoms. The van der Waals surface area contributed by atoms with Gasteiger partial charge in [0, 0.05) is 12.7 Å². The van der Waals surface area contributed by atoms with Crippen molar-refractivity contribution >= 4 is 23.5 Å². The minimum Gasteiger partial charge on any atom is -0.382 e. The Hall–Kier alpha value is -1.17. The van der Waals surface area contributed by atoms with E-state index in [1.807, 2.05) is 11.8 Å². The zero-order valence-corrected chi connectivity index (χ0v) is 10.6. The van der Waals surface area contributed by atoms with Crippen LogP contribution in [0.15, 0.2) is 12.3 Å². The summed E-state index contributed by atoms with van der Waals surface area (Å²) in [7, 11) is 0. The zero-order valence-electron chi connectivity index (χ0n) is 9.76. The predicted molar refractivity (Wildman–Crippen MR) is 69.7 cm³/mol. The number of carbonyl (C=O) groups is 1. The van der Waals surface area contributed by atoms with Gasteiger partial charge in [0.25, 0.3) is 0 Å². The van der Waals surface area contributed by atoms with Crippen molar-refractivity contribution in [2.75, 3.05) is 23.8 Å². The molecule has 1 aliphatic heterocycles. The minimum absolute atomic E-state index is 0.00586. The van der Waals surface area contributed by atoms with Crippen LogP contribution in [0.25, 0.3) is 0 Å². The summed E-state index contributed by atoms with van der Waals surface area (Å²) in [4.78, 5) is 11.6. The van der Waals surface area contributed by atoms with Gasteiger partial charge in [-0.3, -0.25) is 9.48 Å². The molecule has 17 heavy (non-hydrogen) atoms. The number of amides is 1. The SMILES string of the molecule is Nc1ccn(CC(=O)NCC2CCSCC2)n1. The van der Waals surface area contributed by atoms with E-state index in [0.29, 0.717) is 11.7 Å². The maximum Gasteiger partial charge on any atom is 0.241 e. The minimum atomic E-state index is 0.00586. The van der Waals surface area contributed by atoms with Crippen molar-refractivity contribution in [1.29, 1.82) is 0 Å². The van der Waals surface area contributed by atoms with Gasteiger partial charge in [0.1, 0.15) is 12.4 Å². The molecule has 94 valence electrons. The first kappa shape index (κ1) is 12.3. The van der Waals surface area contributed by atoms with E-state index in [0.717, 1.165) is 6.54 Å². The molecule has 1 aliphatic rings. The number of hydrogen-bond acceptors (Lipinski definition) is 4. The van der Waals surface area contributed by atoms with Crippen molar-refractivity contribution < 1.29 is 4.79 Å². The lowest BCUT2D eigenvalue weighted by Crippen LogP contribution is -2.33. The summed E-state index contributed by atoms with van der Waals surface area (Å²) in [5.74, 6) is 3.53. The van der Waals surface area contributed by atoms with Crippen LogP contribution in [0.1, 0.15) is 12.8 Å². The first-order valence-corrected chi connectivity index (χ1v) is 7.03. The molecule has 6 heteroatoms. The molecule has 0 radical (unpaired) electrons. The van der Waals surface area contributed by atoms with Gasteiger partial charge in [-0.25, -0.2) is 0 Å². The molecule has 1 amide bonds. The van der Waals surface area contributed by atoms with Crippen molar-refractivity contribution in [2.45, 2.75) is 19.4 Å². The molecule has 3 N–H and O–H groups in total. The molecule has 5 nitrogen and oxygen atoms in total. The Labute approximate surface area is 105 Å². The molecule has 0 unspecified atom stereocenters. The third kappa shape index (κ3) is 3.96. The molecule has 2 heterocycles. The number of nitrogens with zero attached hydrogens (tertiary/aromatic N) is 2. The lowest BCUT2D eigenvalue weighted by atomic mass is 10.0. The van der Waals surface area contributed by atoms with Crippen LogP contribution < -0.4 is 11.1 Å². The number of carbonyl (C=O) groups excluding carboxylic acids is 1. The lowest BCUT2D eigenvalue weighted by molar-refractivity contribution is -0.122. The number of nitrogen functional groups attached to an aromatic ring is 1. The van der Waals surface area contributed by atoms with Crippen molar-refractivity contribution in [3.63, 3.8) is 0 Å². The van der Waals surface area contributed by atoms with Crippen LogP contribution in [-0.2, 0) is 11.3 Å². The Kier molecular flexibility index (Phi) is 4.30. The standard InChI is InChI=1S/C11H18N4OS/c12-10-1-4-15(14-10)8-11(16)13-7-9-2-5-17-6-3-9/h1,4,9H,2-3,5-8H2,(H2,12,14)(H,13,16). The smallest absolute Gasteiger partial charge is 0.241 e. The third-order valence-electron chi connectivity index (χ3n) is 2.90. The summed E-state index contributed by atoms with van der Waals surface area (Å²) < 4.78 is 1.56. The monoisotopic (exact) mass is 254 g/mol. The number of nitrogens with one attached hydrogen (secondary N) is 1. The van der Waals surface area contributed by atoms with E-state index in [1.165, 1.54) is 24.3 Å². The van der Waals surface area contributed by atoms with Crippen LogP contribution >= 0.6 is 11.8 Å². The molecule has 0 spiro atoms. The molecule has 1 aromatic rings. The fourth-order valence-corrected chi connectivity index (χ4v) is 3.08. The van der Waals surface area contributed by atoms with Gasteiger partial charge in [0.15, 0.2) is 0 Å². The maximum atomic E-state index is 11.6. The molecular weight excluding hydrogens is 236 g/mol. The molecule has 0 saturated carbocycles. The second-order valence-corrected chi connectivity index (χ2v) is 5.52. The summed E-state index contributed by atoms with van der Waals surface area (Å²) in [6.07, 6.45) is 4.13. The summed E-state index contributed by atoms with van der Waals surface area (Å²) in [6, 6.07) is 1.69. The highest BCUT2D eigenvalue weighted by atomic mass is 32.2. The lowest BCUT2D eigenvalue weighted by Gasteiger charge is -2.21. The average molecular weight is 254 g/mol. The molecule has 1 aromatic heterocycles. The highest BCUT2D eigenvalue weighted by Gasteiger charge is 2.14. The van der Waals surface area contributed by atoms with Crippen LogP contribution in [0.2, 0.25) is 0 Å². The summed E-state index contributed by atoms with van der Waals surface area (Å²) in [6.45, 7) is 1.04. The maximum absolute atomic E-state index is 11.6. The fourth-order valence-electron chi connectivity index (χ4n) is 1.88. The van der Waals surface area contributed by atoms with Crippen molar-refractivity contribution in [3.05, 3.63) is 12.3 Å². The number of aromatic nitrogens is 2. The van der Waals surface area contributed by atoms with E-state index in [4.69, 9.17) is 5.73 Å². The summed E-state index contributed by atoms with van der Waals surface area (Å²) >= 11 is 2.00. The summed E-state index contributed by atoms with van der Waals surface area (Å²) in [5, 5.41) is 6.94. The van der Waals surface area contributed by atoms with Crippen LogP contribution in [0.4, 0.5) is 5.82 Å². The highest BCUT2D eigenvalue weighted by Crippen LogP contribution is 2.21. The van der Waals surface area contributed by atoms with Crippen molar-refractivity contribution in [3.8, 4) is 0 Å². The molecule has 1 saturated heterocycles. The summed E-state index contributed by atoms with van der Waals surface area (Å²) in [5.41, 5.74) is 5.48. The predicted octanol–water partition coefficient (Wildman–Crippen LogP) is 0.725. The van der Waals surface area contributed by atoms with Crippen molar-refractivity contribution in [2.24, 2.45) is 5.92 Å². The molecule has 0 atom stereocenters. The number of rotatable bonds is 4. The molecular formula is C11H18N4OS. The Morgan fingerprint density at radius 2 is 2.35 bits per heavy atom. The normalized spacial score (nSPS) is 16.9. The quantitative estimate of drug-likeness (QED) is 0.830. The molecule has 1 fully saturated rings. The van der Waals surface area contributed by atoms with Gasteiger partial charge in [0.2, 0.25) is 5.91 Å². The van der Waals surface area contributed by atoms with E-state index in [1.54, 1.807) is 16.9 Å². The van der Waals surface area contributed by atoms with Crippen LogP contribution in [0, 0.1) is 5.92 Å². The topological polar surface area (TPSA) is 72.9 Å². The van der Waals surface area contributed by atoms with Gasteiger partial charge in [-0.1, -0.05) is 0 Å². The Bertz CT molecular complexity index is 373. The van der Waals surface area contributed by atoms with Gasteiger partial charge in [-0.2, -0.15) is 16.9 Å². The van der Waals surface area contributed by atoms with E-state index < -0.39 is 0 Å². The second-order valence-electron chi connectivity index (χ2n) is 4.30. The van der Waals surface area contributed by atoms with E-state index in [9.17, 15) is 4.79 Å². The highest BCUT2D eigenvalue weighted by molar-refractivity contribution is 7.99. The molecule has 2 rings (SSSR count). The molecule has 0 aromatic carbocycles. The van der Waals surface area contributed by atoms with Gasteiger partial charge in [0.05, 0.1) is 0 Å². The van der Waals surface area contributed by atoms with E-state index >= 15 is 0 Å². The number of anilines is 1. The van der Waals surface area contributed by atoms with Crippen molar-refractivity contribution in [1.82, 2.24) is 15.1 Å². The first-order valence-electron chi connectivity index (χ1n) is 5.87. The molecule has 0 aliphatic carbocycles. The second kappa shape index (κ2) is 5.95. The third-order valence-corrected chi connectivity index (χ3v) is 3.94. The number of thioether (sulfide) groups is 1.